The van der Waals surface area contributed by atoms with Gasteiger partial charge in [-0.15, -0.1) is 0 Å². The molecule has 0 atom stereocenters. The lowest BCUT2D eigenvalue weighted by molar-refractivity contribution is -0.141. The van der Waals surface area contributed by atoms with Gasteiger partial charge in [-0.05, 0) is 24.3 Å². The van der Waals surface area contributed by atoms with Crippen LogP contribution in [0.1, 0.15) is 16.1 Å². The van der Waals surface area contributed by atoms with Gasteiger partial charge in [-0.3, -0.25) is 9.78 Å². The number of hydrogen-bond donors (Lipinski definition) is 2. The number of hydrogen-bond acceptors (Lipinski definition) is 5. The van der Waals surface area contributed by atoms with E-state index in [4.69, 9.17) is 0 Å². The number of halogens is 5. The van der Waals surface area contributed by atoms with Crippen LogP contribution in [0.5, 0.6) is 0 Å². The first-order chi connectivity index (χ1) is 14.3. The number of nitrogens with one attached hydrogen (secondary N) is 2. The summed E-state index contributed by atoms with van der Waals surface area (Å²) in [5.74, 6) is -3.31. The summed E-state index contributed by atoms with van der Waals surface area (Å²) in [6.07, 6.45) is -1.91. The summed E-state index contributed by atoms with van der Waals surface area (Å²) < 4.78 is 66.7. The highest BCUT2D eigenvalue weighted by atomic mass is 19.4. The van der Waals surface area contributed by atoms with Crippen molar-refractivity contribution >= 4 is 11.7 Å². The number of alkyl halides is 3. The van der Waals surface area contributed by atoms with Crippen LogP contribution in [0.4, 0.5) is 27.8 Å². The number of carbonyl (C=O) groups excluding carboxylic acids is 1. The average molecular weight is 423 g/mol. The number of benzene rings is 1. The van der Waals surface area contributed by atoms with E-state index >= 15 is 0 Å². The lowest BCUT2D eigenvalue weighted by atomic mass is 10.2. The topological polar surface area (TPSA) is 79.8 Å². The van der Waals surface area contributed by atoms with Gasteiger partial charge in [0.15, 0.2) is 11.5 Å². The van der Waals surface area contributed by atoms with Crippen molar-refractivity contribution in [2.45, 2.75) is 6.18 Å². The van der Waals surface area contributed by atoms with E-state index in [9.17, 15) is 26.7 Å². The van der Waals surface area contributed by atoms with E-state index in [0.717, 1.165) is 24.3 Å². The van der Waals surface area contributed by atoms with Crippen LogP contribution in [0.3, 0.4) is 0 Å². The number of carbonyl (C=O) groups is 1. The van der Waals surface area contributed by atoms with Gasteiger partial charge in [-0.25, -0.2) is 18.7 Å². The summed E-state index contributed by atoms with van der Waals surface area (Å²) >= 11 is 0. The third-order valence-electron chi connectivity index (χ3n) is 3.86. The Hall–Kier alpha value is -3.63. The second-order valence-electron chi connectivity index (χ2n) is 5.98. The first kappa shape index (κ1) is 21.1. The molecule has 2 N–H and O–H groups in total. The highest BCUT2D eigenvalue weighted by Gasteiger charge is 2.33. The van der Waals surface area contributed by atoms with Gasteiger partial charge in [0.1, 0.15) is 23.0 Å². The molecule has 0 aliphatic rings. The number of aromatic nitrogens is 3. The number of pyridine rings is 1. The Kier molecular flexibility index (Phi) is 6.19. The van der Waals surface area contributed by atoms with Gasteiger partial charge in [0.2, 0.25) is 0 Å². The first-order valence-electron chi connectivity index (χ1n) is 8.58. The minimum absolute atomic E-state index is 0.0497. The summed E-state index contributed by atoms with van der Waals surface area (Å²) in [6, 6.07) is 6.65. The van der Waals surface area contributed by atoms with Crippen LogP contribution in [-0.2, 0) is 6.18 Å². The monoisotopic (exact) mass is 423 g/mol. The molecule has 0 unspecified atom stereocenters. The largest absolute Gasteiger partial charge is 0.433 e. The van der Waals surface area contributed by atoms with Crippen LogP contribution in [0.2, 0.25) is 0 Å². The molecule has 0 saturated heterocycles. The van der Waals surface area contributed by atoms with Crippen molar-refractivity contribution in [3.05, 3.63) is 71.7 Å². The summed E-state index contributed by atoms with van der Waals surface area (Å²) in [5, 5.41) is 4.92. The average Bonchev–Trinajstić information content (AvgIpc) is 2.71. The molecule has 6 nitrogen and oxygen atoms in total. The van der Waals surface area contributed by atoms with Gasteiger partial charge in [0, 0.05) is 37.1 Å². The van der Waals surface area contributed by atoms with Crippen molar-refractivity contribution in [2.24, 2.45) is 0 Å². The van der Waals surface area contributed by atoms with Crippen molar-refractivity contribution in [1.82, 2.24) is 20.3 Å². The SMILES string of the molecule is O=C(NCCNc1cc(C(F)(F)F)nc(-c2ccncc2)n1)c1c(F)cccc1F. The van der Waals surface area contributed by atoms with Crippen molar-refractivity contribution in [3.63, 3.8) is 0 Å². The fourth-order valence-electron chi connectivity index (χ4n) is 2.48. The maximum atomic E-state index is 13.6. The summed E-state index contributed by atoms with van der Waals surface area (Å²) in [7, 11) is 0. The van der Waals surface area contributed by atoms with Crippen LogP contribution in [0.15, 0.2) is 48.8 Å². The molecule has 0 aliphatic heterocycles. The first-order valence-corrected chi connectivity index (χ1v) is 8.58. The maximum absolute atomic E-state index is 13.6. The molecule has 0 fully saturated rings. The predicted molar refractivity (Wildman–Crippen MR) is 97.4 cm³/mol. The van der Waals surface area contributed by atoms with Gasteiger partial charge in [-0.2, -0.15) is 13.2 Å². The quantitative estimate of drug-likeness (QED) is 0.467. The van der Waals surface area contributed by atoms with Gasteiger partial charge < -0.3 is 10.6 Å². The predicted octanol–water partition coefficient (Wildman–Crippen LogP) is 3.68. The Bertz CT molecular complexity index is 1020. The molecular weight excluding hydrogens is 409 g/mol. The van der Waals surface area contributed by atoms with E-state index in [-0.39, 0.29) is 24.7 Å². The number of rotatable bonds is 6. The zero-order chi connectivity index (χ0) is 21.7. The van der Waals surface area contributed by atoms with Crippen LogP contribution < -0.4 is 10.6 Å². The standard InChI is InChI=1S/C19H14F5N5O/c20-12-2-1-3-13(21)16(12)18(30)27-9-8-26-15-10-14(19(22,23)24)28-17(29-15)11-4-6-25-7-5-11/h1-7,10H,8-9H2,(H,27,30)(H,26,28,29). The number of anilines is 1. The highest BCUT2D eigenvalue weighted by Crippen LogP contribution is 2.30. The van der Waals surface area contributed by atoms with E-state index < -0.39 is 35.0 Å². The Labute approximate surface area is 167 Å². The zero-order valence-corrected chi connectivity index (χ0v) is 15.2. The molecule has 30 heavy (non-hydrogen) atoms. The molecule has 0 spiro atoms. The molecule has 0 bridgehead atoms. The van der Waals surface area contributed by atoms with Crippen molar-refractivity contribution in [1.29, 1.82) is 0 Å². The van der Waals surface area contributed by atoms with Gasteiger partial charge in [-0.1, -0.05) is 6.07 Å². The molecule has 2 aromatic heterocycles. The minimum atomic E-state index is -4.70. The van der Waals surface area contributed by atoms with Crippen molar-refractivity contribution in [2.75, 3.05) is 18.4 Å². The minimum Gasteiger partial charge on any atom is -0.368 e. The Morgan fingerprint density at radius 3 is 2.27 bits per heavy atom. The van der Waals surface area contributed by atoms with E-state index in [1.807, 2.05) is 0 Å². The molecule has 2 heterocycles. The fourth-order valence-corrected chi connectivity index (χ4v) is 2.48. The lowest BCUT2D eigenvalue weighted by Crippen LogP contribution is -2.30. The van der Waals surface area contributed by atoms with Crippen molar-refractivity contribution in [3.8, 4) is 11.4 Å². The molecule has 1 amide bonds. The summed E-state index contributed by atoms with van der Waals surface area (Å²) in [5.41, 5.74) is -1.55. The second-order valence-corrected chi connectivity index (χ2v) is 5.98. The van der Waals surface area contributed by atoms with Crippen molar-refractivity contribution < 1.29 is 26.7 Å². The van der Waals surface area contributed by atoms with Crippen LogP contribution in [0, 0.1) is 11.6 Å². The fraction of sp³-hybridized carbons (Fsp3) is 0.158. The zero-order valence-electron chi connectivity index (χ0n) is 15.2. The van der Waals surface area contributed by atoms with Gasteiger partial charge in [0.25, 0.3) is 5.91 Å². The molecule has 0 saturated carbocycles. The van der Waals surface area contributed by atoms with E-state index in [1.165, 1.54) is 24.5 Å². The van der Waals surface area contributed by atoms with E-state index in [2.05, 4.69) is 25.6 Å². The van der Waals surface area contributed by atoms with Crippen LogP contribution >= 0.6 is 0 Å². The normalized spacial score (nSPS) is 11.2. The van der Waals surface area contributed by atoms with Gasteiger partial charge in [0.05, 0.1) is 0 Å². The molecule has 3 rings (SSSR count). The maximum Gasteiger partial charge on any atom is 0.433 e. The molecule has 11 heteroatoms. The number of nitrogens with zero attached hydrogens (tertiary/aromatic N) is 3. The Morgan fingerprint density at radius 1 is 0.967 bits per heavy atom. The second kappa shape index (κ2) is 8.80. The number of amides is 1. The summed E-state index contributed by atoms with van der Waals surface area (Å²) in [6.45, 7) is -0.172. The molecule has 3 aromatic rings. The summed E-state index contributed by atoms with van der Waals surface area (Å²) in [4.78, 5) is 23.3. The van der Waals surface area contributed by atoms with Gasteiger partial charge >= 0.3 is 6.18 Å². The van der Waals surface area contributed by atoms with Crippen LogP contribution in [0.25, 0.3) is 11.4 Å². The van der Waals surface area contributed by atoms with E-state index in [1.54, 1.807) is 0 Å². The highest BCUT2D eigenvalue weighted by molar-refractivity contribution is 5.94. The lowest BCUT2D eigenvalue weighted by Gasteiger charge is -2.12. The third kappa shape index (κ3) is 5.04. The van der Waals surface area contributed by atoms with E-state index in [0.29, 0.717) is 5.56 Å². The molecule has 0 aliphatic carbocycles. The third-order valence-corrected chi connectivity index (χ3v) is 3.86. The molecular formula is C19H14F5N5O. The Morgan fingerprint density at radius 2 is 1.63 bits per heavy atom. The smallest absolute Gasteiger partial charge is 0.368 e. The Balaban J connectivity index is 1.70. The molecule has 1 aromatic carbocycles. The van der Waals surface area contributed by atoms with Crippen LogP contribution in [-0.4, -0.2) is 33.9 Å². The molecule has 156 valence electrons. The molecule has 0 radical (unpaired) electrons.